The van der Waals surface area contributed by atoms with Gasteiger partial charge in [0.15, 0.2) is 0 Å². The standard InChI is InChI=1S/C14H9BrO/c15-13-7-3-6-11-9-4-1-2-5-10(9)12(8-16)14(11)13/h1-8,12H. The van der Waals surface area contributed by atoms with Crippen molar-refractivity contribution in [3.63, 3.8) is 0 Å². The van der Waals surface area contributed by atoms with Gasteiger partial charge in [-0.2, -0.15) is 0 Å². The molecule has 0 saturated carbocycles. The van der Waals surface area contributed by atoms with Crippen LogP contribution in [0, 0.1) is 0 Å². The lowest BCUT2D eigenvalue weighted by Crippen LogP contribution is -1.97. The second-order valence-electron chi connectivity index (χ2n) is 3.90. The molecule has 0 saturated heterocycles. The average Bonchev–Trinajstić information content (AvgIpc) is 2.65. The maximum absolute atomic E-state index is 11.3. The van der Waals surface area contributed by atoms with Crippen molar-refractivity contribution in [2.45, 2.75) is 5.92 Å². The van der Waals surface area contributed by atoms with Gasteiger partial charge in [0, 0.05) is 4.47 Å². The summed E-state index contributed by atoms with van der Waals surface area (Å²) in [7, 11) is 0. The Morgan fingerprint density at radius 3 is 2.56 bits per heavy atom. The SMILES string of the molecule is O=CC1c2ccccc2-c2cccc(Br)c21. The summed E-state index contributed by atoms with van der Waals surface area (Å²) < 4.78 is 1.01. The van der Waals surface area contributed by atoms with Crippen molar-refractivity contribution in [2.24, 2.45) is 0 Å². The predicted octanol–water partition coefficient (Wildman–Crippen LogP) is 3.76. The van der Waals surface area contributed by atoms with Crippen molar-refractivity contribution in [1.29, 1.82) is 0 Å². The summed E-state index contributed by atoms with van der Waals surface area (Å²) in [5.74, 6) is -0.123. The van der Waals surface area contributed by atoms with E-state index < -0.39 is 0 Å². The van der Waals surface area contributed by atoms with E-state index in [0.717, 1.165) is 21.9 Å². The first-order valence-corrected chi connectivity index (χ1v) is 5.95. The fourth-order valence-electron chi connectivity index (χ4n) is 2.40. The summed E-state index contributed by atoms with van der Waals surface area (Å²) in [6.07, 6.45) is 1.02. The maximum Gasteiger partial charge on any atom is 0.131 e. The van der Waals surface area contributed by atoms with Crippen LogP contribution in [0.15, 0.2) is 46.9 Å². The molecule has 16 heavy (non-hydrogen) atoms. The van der Waals surface area contributed by atoms with Gasteiger partial charge in [0.05, 0.1) is 5.92 Å². The molecule has 78 valence electrons. The van der Waals surface area contributed by atoms with E-state index in [2.05, 4.69) is 28.1 Å². The van der Waals surface area contributed by atoms with Gasteiger partial charge in [-0.1, -0.05) is 52.3 Å². The fourth-order valence-corrected chi connectivity index (χ4v) is 3.01. The van der Waals surface area contributed by atoms with Crippen molar-refractivity contribution in [2.75, 3.05) is 0 Å². The highest BCUT2D eigenvalue weighted by Crippen LogP contribution is 2.46. The molecular weight excluding hydrogens is 264 g/mol. The average molecular weight is 273 g/mol. The number of carbonyl (C=O) groups excluding carboxylic acids is 1. The first-order valence-electron chi connectivity index (χ1n) is 5.16. The van der Waals surface area contributed by atoms with E-state index in [4.69, 9.17) is 0 Å². The lowest BCUT2D eigenvalue weighted by molar-refractivity contribution is -0.108. The third kappa shape index (κ3) is 1.20. The lowest BCUT2D eigenvalue weighted by atomic mass is 9.99. The van der Waals surface area contributed by atoms with Crippen LogP contribution in [-0.4, -0.2) is 6.29 Å². The van der Waals surface area contributed by atoms with Crippen LogP contribution in [0.4, 0.5) is 0 Å². The van der Waals surface area contributed by atoms with E-state index in [1.807, 2.05) is 30.3 Å². The Bertz CT molecular complexity index is 575. The second kappa shape index (κ2) is 3.56. The number of hydrogen-bond acceptors (Lipinski definition) is 1. The quantitative estimate of drug-likeness (QED) is 0.723. The molecule has 1 unspecified atom stereocenters. The molecule has 0 aromatic heterocycles. The van der Waals surface area contributed by atoms with Gasteiger partial charge in [0.2, 0.25) is 0 Å². The summed E-state index contributed by atoms with van der Waals surface area (Å²) >= 11 is 3.53. The molecule has 0 bridgehead atoms. The molecule has 2 heteroatoms. The molecule has 0 heterocycles. The molecule has 1 aliphatic rings. The molecule has 0 fully saturated rings. The fraction of sp³-hybridized carbons (Fsp3) is 0.0714. The number of hydrogen-bond donors (Lipinski definition) is 0. The van der Waals surface area contributed by atoms with E-state index in [1.54, 1.807) is 0 Å². The zero-order valence-corrected chi connectivity index (χ0v) is 10.1. The molecule has 0 aliphatic heterocycles. The zero-order valence-electron chi connectivity index (χ0n) is 8.48. The Morgan fingerprint density at radius 2 is 1.75 bits per heavy atom. The first-order chi connectivity index (χ1) is 7.83. The van der Waals surface area contributed by atoms with Crippen LogP contribution in [0.1, 0.15) is 17.0 Å². The van der Waals surface area contributed by atoms with Gasteiger partial charge in [-0.05, 0) is 28.3 Å². The van der Waals surface area contributed by atoms with Crippen molar-refractivity contribution in [3.05, 3.63) is 58.1 Å². The highest BCUT2D eigenvalue weighted by atomic mass is 79.9. The van der Waals surface area contributed by atoms with Crippen molar-refractivity contribution in [3.8, 4) is 11.1 Å². The molecule has 0 amide bonds. The smallest absolute Gasteiger partial charge is 0.131 e. The van der Waals surface area contributed by atoms with E-state index in [1.165, 1.54) is 11.1 Å². The highest BCUT2D eigenvalue weighted by molar-refractivity contribution is 9.10. The van der Waals surface area contributed by atoms with Gasteiger partial charge in [-0.3, -0.25) is 0 Å². The summed E-state index contributed by atoms with van der Waals surface area (Å²) in [6.45, 7) is 0. The summed E-state index contributed by atoms with van der Waals surface area (Å²) in [6, 6.07) is 14.2. The van der Waals surface area contributed by atoms with E-state index in [0.29, 0.717) is 0 Å². The monoisotopic (exact) mass is 272 g/mol. The minimum absolute atomic E-state index is 0.123. The normalized spacial score (nSPS) is 16.7. The third-order valence-electron chi connectivity index (χ3n) is 3.09. The van der Waals surface area contributed by atoms with Gasteiger partial charge in [0.1, 0.15) is 6.29 Å². The van der Waals surface area contributed by atoms with Gasteiger partial charge >= 0.3 is 0 Å². The molecule has 1 aliphatic carbocycles. The Labute approximate surface area is 102 Å². The molecule has 1 nitrogen and oxygen atoms in total. The summed E-state index contributed by atoms with van der Waals surface area (Å²) in [5, 5.41) is 0. The number of carbonyl (C=O) groups is 1. The van der Waals surface area contributed by atoms with Crippen LogP contribution in [0.25, 0.3) is 11.1 Å². The van der Waals surface area contributed by atoms with E-state index in [9.17, 15) is 4.79 Å². The Kier molecular flexibility index (Phi) is 2.18. The van der Waals surface area contributed by atoms with Crippen LogP contribution in [0.5, 0.6) is 0 Å². The van der Waals surface area contributed by atoms with Crippen LogP contribution in [-0.2, 0) is 4.79 Å². The van der Waals surface area contributed by atoms with Gasteiger partial charge in [0.25, 0.3) is 0 Å². The van der Waals surface area contributed by atoms with E-state index >= 15 is 0 Å². The van der Waals surface area contributed by atoms with Gasteiger partial charge in [-0.15, -0.1) is 0 Å². The van der Waals surface area contributed by atoms with Gasteiger partial charge in [-0.25, -0.2) is 0 Å². The minimum Gasteiger partial charge on any atom is -0.302 e. The molecule has 2 aromatic carbocycles. The molecular formula is C14H9BrO. The van der Waals surface area contributed by atoms with Crippen molar-refractivity contribution < 1.29 is 4.79 Å². The topological polar surface area (TPSA) is 17.1 Å². The maximum atomic E-state index is 11.3. The minimum atomic E-state index is -0.123. The second-order valence-corrected chi connectivity index (χ2v) is 4.76. The summed E-state index contributed by atoms with van der Waals surface area (Å²) in [5.41, 5.74) is 4.55. The van der Waals surface area contributed by atoms with E-state index in [-0.39, 0.29) is 5.92 Å². The highest BCUT2D eigenvalue weighted by Gasteiger charge is 2.29. The Balaban J connectivity index is 2.38. The van der Waals surface area contributed by atoms with Crippen LogP contribution < -0.4 is 0 Å². The first kappa shape index (κ1) is 9.79. The number of rotatable bonds is 1. The lowest BCUT2D eigenvalue weighted by Gasteiger charge is -2.06. The van der Waals surface area contributed by atoms with Crippen LogP contribution in [0.3, 0.4) is 0 Å². The number of benzene rings is 2. The Morgan fingerprint density at radius 1 is 1.00 bits per heavy atom. The molecule has 2 aromatic rings. The molecule has 0 spiro atoms. The molecule has 3 rings (SSSR count). The van der Waals surface area contributed by atoms with Crippen molar-refractivity contribution >= 4 is 22.2 Å². The van der Waals surface area contributed by atoms with Crippen LogP contribution >= 0.6 is 15.9 Å². The summed E-state index contributed by atoms with van der Waals surface area (Å²) in [4.78, 5) is 11.3. The number of aldehydes is 1. The molecule has 0 radical (unpaired) electrons. The van der Waals surface area contributed by atoms with Crippen molar-refractivity contribution in [1.82, 2.24) is 0 Å². The van der Waals surface area contributed by atoms with Gasteiger partial charge < -0.3 is 4.79 Å². The third-order valence-corrected chi connectivity index (χ3v) is 3.78. The van der Waals surface area contributed by atoms with Crippen LogP contribution in [0.2, 0.25) is 0 Å². The predicted molar refractivity (Wildman–Crippen MR) is 67.5 cm³/mol. The molecule has 0 N–H and O–H groups in total. The largest absolute Gasteiger partial charge is 0.302 e. The molecule has 1 atom stereocenters. The number of fused-ring (bicyclic) bond motifs is 3. The number of halogens is 1. The Hall–Kier alpha value is -1.41. The zero-order chi connectivity index (χ0) is 11.1.